The van der Waals surface area contributed by atoms with Gasteiger partial charge in [-0.15, -0.1) is 0 Å². The van der Waals surface area contributed by atoms with Crippen molar-refractivity contribution in [1.29, 1.82) is 0 Å². The second-order valence-corrected chi connectivity index (χ2v) is 7.53. The maximum Gasteiger partial charge on any atom is 0.253 e. The molecule has 2 aliphatic rings. The molecule has 8 heteroatoms. The normalized spacial score (nSPS) is 22.0. The van der Waals surface area contributed by atoms with Crippen molar-refractivity contribution in [3.05, 3.63) is 29.6 Å². The first-order chi connectivity index (χ1) is 13.4. The van der Waals surface area contributed by atoms with Gasteiger partial charge in [-0.25, -0.2) is 4.39 Å². The van der Waals surface area contributed by atoms with Crippen LogP contribution in [0.1, 0.15) is 43.0 Å². The third-order valence-electron chi connectivity index (χ3n) is 5.27. The summed E-state index contributed by atoms with van der Waals surface area (Å²) in [5.41, 5.74) is 0.341. The molecule has 2 atom stereocenters. The van der Waals surface area contributed by atoms with Crippen LogP contribution in [0.25, 0.3) is 0 Å². The predicted molar refractivity (Wildman–Crippen MR) is 103 cm³/mol. The van der Waals surface area contributed by atoms with Crippen LogP contribution < -0.4 is 16.0 Å². The zero-order chi connectivity index (χ0) is 20.1. The van der Waals surface area contributed by atoms with E-state index >= 15 is 0 Å². The van der Waals surface area contributed by atoms with Crippen LogP contribution >= 0.6 is 0 Å². The minimum absolute atomic E-state index is 0.00300. The van der Waals surface area contributed by atoms with Crippen molar-refractivity contribution in [3.8, 4) is 0 Å². The zero-order valence-electron chi connectivity index (χ0n) is 16.1. The quantitative estimate of drug-likeness (QED) is 0.711. The summed E-state index contributed by atoms with van der Waals surface area (Å²) in [5.74, 6) is -0.946. The van der Waals surface area contributed by atoms with Crippen molar-refractivity contribution in [3.63, 3.8) is 0 Å². The first-order valence-corrected chi connectivity index (χ1v) is 9.81. The van der Waals surface area contributed by atoms with E-state index in [1.165, 1.54) is 25.1 Å². The van der Waals surface area contributed by atoms with Crippen molar-refractivity contribution >= 4 is 23.4 Å². The average molecular weight is 390 g/mol. The molecule has 0 aromatic heterocycles. The highest BCUT2D eigenvalue weighted by atomic mass is 19.1. The fourth-order valence-electron chi connectivity index (χ4n) is 3.82. The van der Waals surface area contributed by atoms with Crippen LogP contribution in [0.15, 0.2) is 18.2 Å². The zero-order valence-corrected chi connectivity index (χ0v) is 16.1. The van der Waals surface area contributed by atoms with Gasteiger partial charge in [-0.05, 0) is 56.3 Å². The van der Waals surface area contributed by atoms with Gasteiger partial charge >= 0.3 is 0 Å². The van der Waals surface area contributed by atoms with Gasteiger partial charge in [0, 0.05) is 32.1 Å². The lowest BCUT2D eigenvalue weighted by Crippen LogP contribution is -2.46. The van der Waals surface area contributed by atoms with Crippen molar-refractivity contribution in [2.24, 2.45) is 5.92 Å². The van der Waals surface area contributed by atoms with Crippen LogP contribution in [0.4, 0.5) is 10.1 Å². The molecule has 152 valence electrons. The fourth-order valence-corrected chi connectivity index (χ4v) is 3.82. The van der Waals surface area contributed by atoms with Gasteiger partial charge in [-0.1, -0.05) is 0 Å². The Balaban J connectivity index is 1.58. The first kappa shape index (κ1) is 20.3. The van der Waals surface area contributed by atoms with Gasteiger partial charge < -0.3 is 20.9 Å². The molecule has 0 aliphatic carbocycles. The summed E-state index contributed by atoms with van der Waals surface area (Å²) in [7, 11) is 0. The van der Waals surface area contributed by atoms with Gasteiger partial charge in [0.05, 0.1) is 11.7 Å². The summed E-state index contributed by atoms with van der Waals surface area (Å²) < 4.78 is 13.8. The fraction of sp³-hybridized carbons (Fsp3) is 0.550. The summed E-state index contributed by atoms with van der Waals surface area (Å²) >= 11 is 0. The Bertz CT molecular complexity index is 749. The number of nitrogens with zero attached hydrogens (tertiary/aromatic N) is 1. The molecule has 3 rings (SSSR count). The second-order valence-electron chi connectivity index (χ2n) is 7.53. The van der Waals surface area contributed by atoms with E-state index in [-0.39, 0.29) is 29.5 Å². The number of carbonyl (C=O) groups excluding carboxylic acids is 3. The summed E-state index contributed by atoms with van der Waals surface area (Å²) in [4.78, 5) is 37.9. The average Bonchev–Trinajstić information content (AvgIpc) is 3.22. The molecule has 0 bridgehead atoms. The maximum atomic E-state index is 13.8. The van der Waals surface area contributed by atoms with E-state index in [1.807, 2.05) is 0 Å². The van der Waals surface area contributed by atoms with Gasteiger partial charge in [0.1, 0.15) is 5.82 Å². The number of piperidine rings is 1. The van der Waals surface area contributed by atoms with Crippen LogP contribution in [-0.2, 0) is 9.59 Å². The van der Waals surface area contributed by atoms with Crippen molar-refractivity contribution < 1.29 is 18.8 Å². The number of carbonyl (C=O) groups is 3. The molecule has 1 aromatic carbocycles. The standard InChI is InChI=1S/C20H27FN4O3/c1-13(26)24-18-10-15(6-7-16(18)21)20(28)25-9-3-4-14(12-25)11-23-19(27)17-5-2-8-22-17/h6-7,10,14,17,22H,2-5,8-9,11-12H2,1H3,(H,23,27)(H,24,26). The molecule has 1 aromatic rings. The van der Waals surface area contributed by atoms with E-state index in [9.17, 15) is 18.8 Å². The molecular formula is C20H27FN4O3. The number of amides is 3. The van der Waals surface area contributed by atoms with Crippen molar-refractivity contribution in [2.75, 3.05) is 31.5 Å². The summed E-state index contributed by atoms with van der Waals surface area (Å²) in [6.45, 7) is 3.88. The Hall–Kier alpha value is -2.48. The monoisotopic (exact) mass is 390 g/mol. The van der Waals surface area contributed by atoms with E-state index in [0.717, 1.165) is 32.2 Å². The molecule has 3 amide bonds. The van der Waals surface area contributed by atoms with Crippen LogP contribution in [0.3, 0.4) is 0 Å². The summed E-state index contributed by atoms with van der Waals surface area (Å²) in [5, 5.41) is 8.58. The number of anilines is 1. The largest absolute Gasteiger partial charge is 0.354 e. The molecule has 7 nitrogen and oxygen atoms in total. The number of hydrogen-bond donors (Lipinski definition) is 3. The third kappa shape index (κ3) is 5.07. The molecule has 28 heavy (non-hydrogen) atoms. The molecule has 2 unspecified atom stereocenters. The molecule has 2 saturated heterocycles. The van der Waals surface area contributed by atoms with E-state index in [0.29, 0.717) is 25.2 Å². The smallest absolute Gasteiger partial charge is 0.253 e. The van der Waals surface area contributed by atoms with E-state index < -0.39 is 11.7 Å². The first-order valence-electron chi connectivity index (χ1n) is 9.81. The molecule has 0 spiro atoms. The molecule has 2 fully saturated rings. The van der Waals surface area contributed by atoms with E-state index in [1.54, 1.807) is 4.90 Å². The lowest BCUT2D eigenvalue weighted by molar-refractivity contribution is -0.123. The lowest BCUT2D eigenvalue weighted by atomic mass is 9.97. The number of halogens is 1. The number of nitrogens with one attached hydrogen (secondary N) is 3. The number of rotatable bonds is 5. The Morgan fingerprint density at radius 3 is 2.79 bits per heavy atom. The molecule has 2 heterocycles. The predicted octanol–water partition coefficient (Wildman–Crippen LogP) is 1.50. The van der Waals surface area contributed by atoms with Crippen LogP contribution in [-0.4, -0.2) is 54.8 Å². The summed E-state index contributed by atoms with van der Waals surface area (Å²) in [6, 6.07) is 3.89. The van der Waals surface area contributed by atoms with Crippen LogP contribution in [0, 0.1) is 11.7 Å². The van der Waals surface area contributed by atoms with Gasteiger partial charge in [0.25, 0.3) is 5.91 Å². The van der Waals surface area contributed by atoms with Gasteiger partial charge in [0.15, 0.2) is 0 Å². The molecule has 0 saturated carbocycles. The SMILES string of the molecule is CC(=O)Nc1cc(C(=O)N2CCCC(CNC(=O)C3CCCN3)C2)ccc1F. The van der Waals surface area contributed by atoms with Gasteiger partial charge in [-0.3, -0.25) is 14.4 Å². The Morgan fingerprint density at radius 1 is 1.25 bits per heavy atom. The highest BCUT2D eigenvalue weighted by Crippen LogP contribution is 2.21. The Kier molecular flexibility index (Phi) is 6.61. The summed E-state index contributed by atoms with van der Waals surface area (Å²) in [6.07, 6.45) is 3.68. The van der Waals surface area contributed by atoms with E-state index in [2.05, 4.69) is 16.0 Å². The minimum Gasteiger partial charge on any atom is -0.354 e. The number of likely N-dealkylation sites (tertiary alicyclic amines) is 1. The molecule has 3 N–H and O–H groups in total. The molecule has 0 radical (unpaired) electrons. The maximum absolute atomic E-state index is 13.8. The second kappa shape index (κ2) is 9.14. The molecular weight excluding hydrogens is 363 g/mol. The number of benzene rings is 1. The Morgan fingerprint density at radius 2 is 2.07 bits per heavy atom. The van der Waals surface area contributed by atoms with Gasteiger partial charge in [0.2, 0.25) is 11.8 Å². The number of hydrogen-bond acceptors (Lipinski definition) is 4. The highest BCUT2D eigenvalue weighted by Gasteiger charge is 2.27. The van der Waals surface area contributed by atoms with Crippen LogP contribution in [0.2, 0.25) is 0 Å². The van der Waals surface area contributed by atoms with Crippen molar-refractivity contribution in [1.82, 2.24) is 15.5 Å². The highest BCUT2D eigenvalue weighted by molar-refractivity contribution is 5.97. The Labute approximate surface area is 164 Å². The van der Waals surface area contributed by atoms with Gasteiger partial charge in [-0.2, -0.15) is 0 Å². The molecule has 2 aliphatic heterocycles. The van der Waals surface area contributed by atoms with Crippen molar-refractivity contribution in [2.45, 2.75) is 38.6 Å². The minimum atomic E-state index is -0.577. The van der Waals surface area contributed by atoms with Crippen LogP contribution in [0.5, 0.6) is 0 Å². The topological polar surface area (TPSA) is 90.5 Å². The third-order valence-corrected chi connectivity index (χ3v) is 5.27. The van der Waals surface area contributed by atoms with E-state index in [4.69, 9.17) is 0 Å². The lowest BCUT2D eigenvalue weighted by Gasteiger charge is -2.33.